The van der Waals surface area contributed by atoms with Crippen LogP contribution in [0.5, 0.6) is 5.75 Å². The Labute approximate surface area is 98.3 Å². The van der Waals surface area contributed by atoms with E-state index in [-0.39, 0.29) is 18.3 Å². The molecule has 0 bridgehead atoms. The van der Waals surface area contributed by atoms with Gasteiger partial charge in [0.25, 0.3) is 0 Å². The summed E-state index contributed by atoms with van der Waals surface area (Å²) < 4.78 is 6.30. The number of phenolic OH excluding ortho intramolecular Hbond substituents is 1. The lowest BCUT2D eigenvalue weighted by atomic mass is 10.2. The van der Waals surface area contributed by atoms with Crippen molar-refractivity contribution in [3.63, 3.8) is 0 Å². The molecule has 0 fully saturated rings. The number of hydrogen-bond acceptors (Lipinski definition) is 4. The first-order valence-electron chi connectivity index (χ1n) is 5.08. The van der Waals surface area contributed by atoms with Gasteiger partial charge in [0.05, 0.1) is 7.11 Å². The van der Waals surface area contributed by atoms with E-state index in [0.717, 1.165) is 5.56 Å². The van der Waals surface area contributed by atoms with Gasteiger partial charge >= 0.3 is 5.97 Å². The molecular weight excluding hydrogens is 220 g/mol. The molecule has 0 aliphatic heterocycles. The Morgan fingerprint density at radius 1 is 1.41 bits per heavy atom. The summed E-state index contributed by atoms with van der Waals surface area (Å²) >= 11 is 0. The van der Waals surface area contributed by atoms with E-state index >= 15 is 0 Å². The molecule has 0 atom stereocenters. The first kappa shape index (κ1) is 11.2. The summed E-state index contributed by atoms with van der Waals surface area (Å²) in [6.45, 7) is 0.118. The molecule has 0 aliphatic carbocycles. The fourth-order valence-electron chi connectivity index (χ4n) is 1.51. The number of imidazole rings is 1. The molecule has 2 aromatic rings. The van der Waals surface area contributed by atoms with Crippen LogP contribution in [0.1, 0.15) is 0 Å². The number of ether oxygens (including phenoxy) is 1. The third-order valence-corrected chi connectivity index (χ3v) is 2.37. The van der Waals surface area contributed by atoms with Crippen molar-refractivity contribution in [1.29, 1.82) is 0 Å². The van der Waals surface area contributed by atoms with Gasteiger partial charge in [0.2, 0.25) is 0 Å². The molecule has 1 heterocycles. The molecule has 0 aliphatic rings. The average molecular weight is 232 g/mol. The van der Waals surface area contributed by atoms with Gasteiger partial charge in [0.15, 0.2) is 0 Å². The number of methoxy groups -OCH3 is 1. The lowest BCUT2D eigenvalue weighted by Gasteiger charge is -2.06. The van der Waals surface area contributed by atoms with Gasteiger partial charge in [-0.3, -0.25) is 4.79 Å². The number of hydrogen-bond donors (Lipinski definition) is 1. The Morgan fingerprint density at radius 3 is 2.76 bits per heavy atom. The molecule has 2 rings (SSSR count). The smallest absolute Gasteiger partial charge is 0.325 e. The van der Waals surface area contributed by atoms with Crippen molar-refractivity contribution in [2.75, 3.05) is 7.11 Å². The maximum atomic E-state index is 11.2. The summed E-state index contributed by atoms with van der Waals surface area (Å²) in [5, 5.41) is 9.21. The highest BCUT2D eigenvalue weighted by Gasteiger charge is 2.09. The molecule has 5 nitrogen and oxygen atoms in total. The van der Waals surface area contributed by atoms with Crippen LogP contribution < -0.4 is 0 Å². The van der Waals surface area contributed by atoms with E-state index in [1.807, 2.05) is 0 Å². The number of nitrogens with zero attached hydrogens (tertiary/aromatic N) is 2. The Kier molecular flexibility index (Phi) is 3.09. The topological polar surface area (TPSA) is 64.4 Å². The van der Waals surface area contributed by atoms with Crippen molar-refractivity contribution in [3.05, 3.63) is 36.7 Å². The number of phenols is 1. The van der Waals surface area contributed by atoms with Crippen molar-refractivity contribution in [3.8, 4) is 17.1 Å². The maximum Gasteiger partial charge on any atom is 0.325 e. The number of esters is 1. The standard InChI is InChI=1S/C12H12N2O3/c1-17-11(16)8-14-7-6-13-12(14)9-2-4-10(15)5-3-9/h2-7,15H,8H2,1H3. The molecule has 88 valence electrons. The van der Waals surface area contributed by atoms with E-state index in [0.29, 0.717) is 5.82 Å². The molecule has 0 saturated carbocycles. The van der Waals surface area contributed by atoms with E-state index in [1.165, 1.54) is 7.11 Å². The second-order valence-corrected chi connectivity index (χ2v) is 3.50. The normalized spacial score (nSPS) is 10.2. The van der Waals surface area contributed by atoms with Crippen LogP contribution in [-0.2, 0) is 16.1 Å². The number of carbonyl (C=O) groups excluding carboxylic acids is 1. The molecule has 0 spiro atoms. The molecule has 0 radical (unpaired) electrons. The molecular formula is C12H12N2O3. The molecule has 0 amide bonds. The SMILES string of the molecule is COC(=O)Cn1ccnc1-c1ccc(O)cc1. The highest BCUT2D eigenvalue weighted by atomic mass is 16.5. The lowest BCUT2D eigenvalue weighted by Crippen LogP contribution is -2.11. The van der Waals surface area contributed by atoms with Gasteiger partial charge < -0.3 is 14.4 Å². The van der Waals surface area contributed by atoms with Crippen LogP contribution in [0, 0.1) is 0 Å². The van der Waals surface area contributed by atoms with Crippen molar-refractivity contribution in [1.82, 2.24) is 9.55 Å². The second-order valence-electron chi connectivity index (χ2n) is 3.50. The summed E-state index contributed by atoms with van der Waals surface area (Å²) in [7, 11) is 1.35. The third-order valence-electron chi connectivity index (χ3n) is 2.37. The van der Waals surface area contributed by atoms with Crippen molar-refractivity contribution in [2.45, 2.75) is 6.54 Å². The van der Waals surface area contributed by atoms with Gasteiger partial charge in [0.1, 0.15) is 18.1 Å². The van der Waals surface area contributed by atoms with Crippen LogP contribution in [0.4, 0.5) is 0 Å². The lowest BCUT2D eigenvalue weighted by molar-refractivity contribution is -0.141. The zero-order valence-corrected chi connectivity index (χ0v) is 9.33. The van der Waals surface area contributed by atoms with E-state index in [4.69, 9.17) is 0 Å². The molecule has 17 heavy (non-hydrogen) atoms. The zero-order valence-electron chi connectivity index (χ0n) is 9.33. The van der Waals surface area contributed by atoms with Gasteiger partial charge in [-0.1, -0.05) is 0 Å². The monoisotopic (exact) mass is 232 g/mol. The number of aromatic nitrogens is 2. The zero-order chi connectivity index (χ0) is 12.3. The van der Waals surface area contributed by atoms with Gasteiger partial charge in [-0.05, 0) is 24.3 Å². The number of aromatic hydroxyl groups is 1. The largest absolute Gasteiger partial charge is 0.508 e. The Morgan fingerprint density at radius 2 is 2.12 bits per heavy atom. The summed E-state index contributed by atoms with van der Waals surface area (Å²) in [4.78, 5) is 15.4. The van der Waals surface area contributed by atoms with E-state index in [1.54, 1.807) is 41.2 Å². The minimum absolute atomic E-state index is 0.118. The van der Waals surface area contributed by atoms with Crippen LogP contribution in [0.3, 0.4) is 0 Å². The average Bonchev–Trinajstić information content (AvgIpc) is 2.78. The minimum atomic E-state index is -0.331. The summed E-state index contributed by atoms with van der Waals surface area (Å²) in [5.41, 5.74) is 0.830. The van der Waals surface area contributed by atoms with Gasteiger partial charge in [-0.15, -0.1) is 0 Å². The number of rotatable bonds is 3. The van der Waals surface area contributed by atoms with E-state index in [9.17, 15) is 9.90 Å². The van der Waals surface area contributed by atoms with E-state index in [2.05, 4.69) is 9.72 Å². The minimum Gasteiger partial charge on any atom is -0.508 e. The van der Waals surface area contributed by atoms with Gasteiger partial charge in [0, 0.05) is 18.0 Å². The first-order valence-corrected chi connectivity index (χ1v) is 5.08. The molecule has 1 N–H and O–H groups in total. The third kappa shape index (κ3) is 2.44. The van der Waals surface area contributed by atoms with E-state index < -0.39 is 0 Å². The van der Waals surface area contributed by atoms with Crippen molar-refractivity contribution in [2.24, 2.45) is 0 Å². The highest BCUT2D eigenvalue weighted by molar-refractivity contribution is 5.70. The summed E-state index contributed by atoms with van der Waals surface area (Å²) in [6.07, 6.45) is 3.32. The second kappa shape index (κ2) is 4.69. The number of benzene rings is 1. The van der Waals surface area contributed by atoms with Gasteiger partial charge in [-0.25, -0.2) is 4.98 Å². The quantitative estimate of drug-likeness (QED) is 0.813. The van der Waals surface area contributed by atoms with Crippen LogP contribution in [0.25, 0.3) is 11.4 Å². The Bertz CT molecular complexity index is 517. The number of carbonyl (C=O) groups is 1. The Balaban J connectivity index is 2.30. The summed E-state index contributed by atoms with van der Waals surface area (Å²) in [6, 6.07) is 6.63. The molecule has 1 aromatic heterocycles. The fourth-order valence-corrected chi connectivity index (χ4v) is 1.51. The van der Waals surface area contributed by atoms with Crippen LogP contribution >= 0.6 is 0 Å². The van der Waals surface area contributed by atoms with Crippen LogP contribution in [0.2, 0.25) is 0 Å². The fraction of sp³-hybridized carbons (Fsp3) is 0.167. The predicted molar refractivity (Wildman–Crippen MR) is 61.3 cm³/mol. The van der Waals surface area contributed by atoms with Gasteiger partial charge in [-0.2, -0.15) is 0 Å². The Hall–Kier alpha value is -2.30. The predicted octanol–water partition coefficient (Wildman–Crippen LogP) is 1.43. The summed E-state index contributed by atoms with van der Waals surface area (Å²) in [5.74, 6) is 0.526. The molecule has 0 unspecified atom stereocenters. The highest BCUT2D eigenvalue weighted by Crippen LogP contribution is 2.20. The molecule has 5 heteroatoms. The molecule has 0 saturated heterocycles. The molecule has 1 aromatic carbocycles. The van der Waals surface area contributed by atoms with Crippen molar-refractivity contribution < 1.29 is 14.6 Å². The maximum absolute atomic E-state index is 11.2. The van der Waals surface area contributed by atoms with Crippen molar-refractivity contribution >= 4 is 5.97 Å². The van der Waals surface area contributed by atoms with Crippen LogP contribution in [0.15, 0.2) is 36.7 Å². The first-order chi connectivity index (χ1) is 8.20. The van der Waals surface area contributed by atoms with Crippen LogP contribution in [-0.4, -0.2) is 27.7 Å².